The van der Waals surface area contributed by atoms with Crippen molar-refractivity contribution in [3.05, 3.63) is 59.2 Å². The van der Waals surface area contributed by atoms with E-state index in [1.54, 1.807) is 30.4 Å². The minimum absolute atomic E-state index is 0.0213. The molecule has 0 amide bonds. The number of rotatable bonds is 4. The maximum atomic E-state index is 8.81. The van der Waals surface area contributed by atoms with Crippen molar-refractivity contribution in [3.63, 3.8) is 0 Å². The highest BCUT2D eigenvalue weighted by Gasteiger charge is 1.97. The quantitative estimate of drug-likeness (QED) is 0.272. The molecule has 1 N–H and O–H groups in total. The normalized spacial score (nSPS) is 11.6. The van der Waals surface area contributed by atoms with Crippen LogP contribution in [0.3, 0.4) is 0 Å². The Bertz CT molecular complexity index is 329. The molecular weight excluding hydrogens is 232 g/mol. The fraction of sp³-hybridized carbons (Fsp3) is 0.100. The van der Waals surface area contributed by atoms with Crippen LogP contribution in [0.4, 0.5) is 0 Å². The van der Waals surface area contributed by atoms with Gasteiger partial charge in [0, 0.05) is 10.5 Å². The predicted molar refractivity (Wildman–Crippen MR) is 65.6 cm³/mol. The number of allylic oxidation sites excluding steroid dienone is 6. The lowest BCUT2D eigenvalue weighted by molar-refractivity contribution is -0.445. The van der Waals surface area contributed by atoms with Crippen LogP contribution in [0.5, 0.6) is 0 Å². The van der Waals surface area contributed by atoms with E-state index in [0.717, 1.165) is 7.05 Å². The van der Waals surface area contributed by atoms with Gasteiger partial charge >= 0.3 is 0 Å². The highest BCUT2D eigenvalue weighted by Crippen LogP contribution is 2.04. The molecule has 0 bridgehead atoms. The number of oxime groups is 1. The van der Waals surface area contributed by atoms with Gasteiger partial charge in [0.2, 0.25) is 0 Å². The average Bonchev–Trinajstić information content (AvgIpc) is 2.22. The molecule has 0 aromatic heterocycles. The minimum Gasteiger partial charge on any atom is -0.410 e. The summed E-state index contributed by atoms with van der Waals surface area (Å²) in [5.41, 5.74) is 0.578. The molecule has 0 saturated carbocycles. The third-order valence-corrected chi connectivity index (χ3v) is 1.33. The lowest BCUT2D eigenvalue weighted by Gasteiger charge is -1.93. The summed E-state index contributed by atoms with van der Waals surface area (Å²) in [6, 6.07) is 0. The van der Waals surface area contributed by atoms with Gasteiger partial charge in [-0.15, -0.1) is 0 Å². The van der Waals surface area contributed by atoms with Crippen LogP contribution in [0.2, 0.25) is 0 Å². The van der Waals surface area contributed by atoms with Gasteiger partial charge in [-0.1, -0.05) is 60.3 Å². The SMILES string of the molecule is C=C\C=C/C(=C\C=C)C(/Cl)=N\O.C[N+](=O)[O-]. The second-order valence-corrected chi connectivity index (χ2v) is 2.64. The summed E-state index contributed by atoms with van der Waals surface area (Å²) in [6.07, 6.45) is 8.12. The van der Waals surface area contributed by atoms with Crippen LogP contribution in [0.15, 0.2) is 54.3 Å². The van der Waals surface area contributed by atoms with E-state index in [-0.39, 0.29) is 5.17 Å². The van der Waals surface area contributed by atoms with Gasteiger partial charge in [-0.05, 0) is 0 Å². The van der Waals surface area contributed by atoms with Gasteiger partial charge in [-0.25, -0.2) is 0 Å². The van der Waals surface area contributed by atoms with Crippen molar-refractivity contribution in [2.75, 3.05) is 7.05 Å². The maximum absolute atomic E-state index is 8.81. The Kier molecular flexibility index (Phi) is 11.6. The van der Waals surface area contributed by atoms with Gasteiger partial charge in [0.25, 0.3) is 0 Å². The molecule has 0 rings (SSSR count). The highest BCUT2D eigenvalue weighted by molar-refractivity contribution is 6.69. The second-order valence-electron chi connectivity index (χ2n) is 2.28. The predicted octanol–water partition coefficient (Wildman–Crippen LogP) is 2.76. The second kappa shape index (κ2) is 11.2. The summed E-state index contributed by atoms with van der Waals surface area (Å²) < 4.78 is 0. The zero-order valence-electron chi connectivity index (χ0n) is 8.84. The number of hydrogen-bond donors (Lipinski definition) is 1. The molecule has 0 saturated heterocycles. The van der Waals surface area contributed by atoms with Crippen LogP contribution < -0.4 is 0 Å². The Balaban J connectivity index is 0. The minimum atomic E-state index is -0.500. The Hall–Kier alpha value is -1.88. The van der Waals surface area contributed by atoms with E-state index >= 15 is 0 Å². The van der Waals surface area contributed by atoms with Crippen LogP contribution >= 0.6 is 11.6 Å². The lowest BCUT2D eigenvalue weighted by atomic mass is 10.2. The third-order valence-electron chi connectivity index (χ3n) is 1.04. The summed E-state index contributed by atoms with van der Waals surface area (Å²) in [5.74, 6) is 0. The van der Waals surface area contributed by atoms with Crippen molar-refractivity contribution >= 4 is 16.8 Å². The number of halogens is 1. The van der Waals surface area contributed by atoms with Gasteiger partial charge < -0.3 is 5.21 Å². The van der Waals surface area contributed by atoms with Gasteiger partial charge in [-0.3, -0.25) is 10.1 Å². The topological polar surface area (TPSA) is 75.7 Å². The van der Waals surface area contributed by atoms with Crippen molar-refractivity contribution in [2.45, 2.75) is 0 Å². The molecule has 6 heteroatoms. The van der Waals surface area contributed by atoms with Crippen molar-refractivity contribution in [3.8, 4) is 0 Å². The molecule has 0 heterocycles. The molecular formula is C10H13ClN2O3. The van der Waals surface area contributed by atoms with E-state index in [9.17, 15) is 0 Å². The van der Waals surface area contributed by atoms with Gasteiger partial charge in [-0.2, -0.15) is 0 Å². The number of nitrogens with zero attached hydrogens (tertiary/aromatic N) is 2. The van der Waals surface area contributed by atoms with Crippen molar-refractivity contribution in [1.82, 2.24) is 0 Å². The highest BCUT2D eigenvalue weighted by atomic mass is 35.5. The standard InChI is InChI=1S/C9H10ClNO.CH3NO2/c1-3-5-7-8(6-4-2)9(10)11-12;1-2(3)4/h3-7,12H,1-2H2;1H3/b7-5-,8-6+,11-9+;. The van der Waals surface area contributed by atoms with Crippen molar-refractivity contribution in [1.29, 1.82) is 0 Å². The van der Waals surface area contributed by atoms with E-state index < -0.39 is 4.92 Å². The Morgan fingerprint density at radius 3 is 2.31 bits per heavy atom. The molecule has 0 aliphatic heterocycles. The molecule has 0 aromatic carbocycles. The molecule has 0 fully saturated rings. The van der Waals surface area contributed by atoms with Crippen molar-refractivity contribution < 1.29 is 10.1 Å². The van der Waals surface area contributed by atoms with Gasteiger partial charge in [0.1, 0.15) is 0 Å². The first-order valence-corrected chi connectivity index (χ1v) is 4.45. The Morgan fingerprint density at radius 2 is 2.00 bits per heavy atom. The van der Waals surface area contributed by atoms with Crippen LogP contribution in [-0.4, -0.2) is 22.3 Å². The van der Waals surface area contributed by atoms with Crippen molar-refractivity contribution in [2.24, 2.45) is 5.16 Å². The maximum Gasteiger partial charge on any atom is 0.194 e. The fourth-order valence-electron chi connectivity index (χ4n) is 0.549. The summed E-state index contributed by atoms with van der Waals surface area (Å²) in [6.45, 7) is 6.99. The van der Waals surface area contributed by atoms with E-state index in [2.05, 4.69) is 18.3 Å². The molecule has 16 heavy (non-hydrogen) atoms. The molecule has 0 aliphatic rings. The summed E-state index contributed by atoms with van der Waals surface area (Å²) in [7, 11) is 0.889. The molecule has 0 aliphatic carbocycles. The number of hydrogen-bond acceptors (Lipinski definition) is 4. The van der Waals surface area contributed by atoms with Gasteiger partial charge in [0.15, 0.2) is 12.2 Å². The molecule has 0 aromatic rings. The van der Waals surface area contributed by atoms with E-state index in [1.165, 1.54) is 0 Å². The summed E-state index contributed by atoms with van der Waals surface area (Å²) in [4.78, 5) is 8.31. The Morgan fingerprint density at radius 1 is 1.50 bits per heavy atom. The van der Waals surface area contributed by atoms with E-state index in [0.29, 0.717) is 5.57 Å². The molecule has 0 unspecified atom stereocenters. The first kappa shape index (κ1) is 16.5. The molecule has 88 valence electrons. The molecule has 0 radical (unpaired) electrons. The third kappa shape index (κ3) is 12.1. The largest absolute Gasteiger partial charge is 0.410 e. The molecule has 0 spiro atoms. The van der Waals surface area contributed by atoms with Crippen LogP contribution in [0, 0.1) is 10.1 Å². The zero-order chi connectivity index (χ0) is 13.0. The molecule has 5 nitrogen and oxygen atoms in total. The van der Waals surface area contributed by atoms with Gasteiger partial charge in [0.05, 0.1) is 0 Å². The van der Waals surface area contributed by atoms with Crippen LogP contribution in [0.25, 0.3) is 0 Å². The van der Waals surface area contributed by atoms with E-state index in [1.807, 2.05) is 0 Å². The number of nitro groups is 1. The van der Waals surface area contributed by atoms with Crippen LogP contribution in [0.1, 0.15) is 0 Å². The zero-order valence-corrected chi connectivity index (χ0v) is 9.59. The first-order valence-electron chi connectivity index (χ1n) is 4.07. The monoisotopic (exact) mass is 244 g/mol. The fourth-order valence-corrected chi connectivity index (χ4v) is 0.675. The Labute approximate surface area is 98.9 Å². The smallest absolute Gasteiger partial charge is 0.194 e. The lowest BCUT2D eigenvalue weighted by Crippen LogP contribution is -1.89. The molecule has 0 atom stereocenters. The summed E-state index contributed by atoms with van der Waals surface area (Å²) >= 11 is 5.54. The van der Waals surface area contributed by atoms with Crippen LogP contribution in [-0.2, 0) is 0 Å². The average molecular weight is 245 g/mol. The van der Waals surface area contributed by atoms with E-state index in [4.69, 9.17) is 26.9 Å². The first-order chi connectivity index (χ1) is 7.49. The summed E-state index contributed by atoms with van der Waals surface area (Å²) in [5, 5.41) is 20.0.